The molecule has 1 aliphatic heterocycles. The molecule has 1 saturated heterocycles. The highest BCUT2D eigenvalue weighted by atomic mass is 35.5. The van der Waals surface area contributed by atoms with E-state index in [9.17, 15) is 20.2 Å². The topological polar surface area (TPSA) is 96.0 Å². The maximum absolute atomic E-state index is 12.3. The molecule has 1 fully saturated rings. The molecule has 0 spiro atoms. The lowest BCUT2D eigenvalue weighted by atomic mass is 10.0. The Hall–Kier alpha value is -1.49. The fourth-order valence-corrected chi connectivity index (χ4v) is 3.58. The smallest absolute Gasteiger partial charge is 0.271 e. The van der Waals surface area contributed by atoms with Crippen LogP contribution in [0, 0.1) is 21.4 Å². The third kappa shape index (κ3) is 3.23. The SMILES string of the molecule is N#CC1(NC(=O)c2cc([N+](=O)[O-])cc(Cl)c2Cl)CCSC1. The number of carbonyl (C=O) groups excluding carboxylic acids is 1. The first-order valence-electron chi connectivity index (χ1n) is 5.83. The fraction of sp³-hybridized carbons (Fsp3) is 0.333. The van der Waals surface area contributed by atoms with Crippen LogP contribution in [0.3, 0.4) is 0 Å². The van der Waals surface area contributed by atoms with Gasteiger partial charge in [-0.15, -0.1) is 0 Å². The number of carbonyl (C=O) groups is 1. The molecular weight excluding hydrogens is 337 g/mol. The Labute approximate surface area is 134 Å². The number of thioether (sulfide) groups is 1. The van der Waals surface area contributed by atoms with E-state index in [1.54, 1.807) is 11.8 Å². The molecule has 0 bridgehead atoms. The van der Waals surface area contributed by atoms with Gasteiger partial charge in [0.2, 0.25) is 0 Å². The Kier molecular flexibility index (Phi) is 4.61. The number of halogens is 2. The summed E-state index contributed by atoms with van der Waals surface area (Å²) in [5.74, 6) is 0.585. The van der Waals surface area contributed by atoms with Crippen LogP contribution in [0.5, 0.6) is 0 Å². The predicted molar refractivity (Wildman–Crippen MR) is 80.9 cm³/mol. The van der Waals surface area contributed by atoms with E-state index in [2.05, 4.69) is 11.4 Å². The van der Waals surface area contributed by atoms with E-state index in [1.165, 1.54) is 0 Å². The van der Waals surface area contributed by atoms with E-state index in [-0.39, 0.29) is 21.3 Å². The normalized spacial score (nSPS) is 20.8. The quantitative estimate of drug-likeness (QED) is 0.670. The molecule has 0 aromatic heterocycles. The number of nitrogens with one attached hydrogen (secondary N) is 1. The Morgan fingerprint density at radius 3 is 2.76 bits per heavy atom. The number of nitrogens with zero attached hydrogens (tertiary/aromatic N) is 2. The summed E-state index contributed by atoms with van der Waals surface area (Å²) in [6.07, 6.45) is 0.514. The molecule has 21 heavy (non-hydrogen) atoms. The minimum absolute atomic E-state index is 0.0708. The number of nitro benzene ring substituents is 1. The number of nitriles is 1. The average molecular weight is 346 g/mol. The minimum atomic E-state index is -0.970. The minimum Gasteiger partial charge on any atom is -0.333 e. The van der Waals surface area contributed by atoms with Crippen LogP contribution in [0.1, 0.15) is 16.8 Å². The van der Waals surface area contributed by atoms with Crippen molar-refractivity contribution in [1.29, 1.82) is 5.26 Å². The molecule has 1 aromatic carbocycles. The van der Waals surface area contributed by atoms with Crippen LogP contribution < -0.4 is 5.32 Å². The van der Waals surface area contributed by atoms with Crippen molar-refractivity contribution in [3.63, 3.8) is 0 Å². The molecule has 1 atom stereocenters. The van der Waals surface area contributed by atoms with Gasteiger partial charge in [0.1, 0.15) is 5.54 Å². The Balaban J connectivity index is 2.35. The van der Waals surface area contributed by atoms with E-state index in [0.717, 1.165) is 17.9 Å². The molecule has 0 aliphatic carbocycles. The number of non-ortho nitro benzene ring substituents is 1. The summed E-state index contributed by atoms with van der Waals surface area (Å²) in [5.41, 5.74) is -1.41. The first-order valence-corrected chi connectivity index (χ1v) is 7.74. The van der Waals surface area contributed by atoms with Crippen molar-refractivity contribution in [2.24, 2.45) is 0 Å². The fourth-order valence-electron chi connectivity index (χ4n) is 1.91. The van der Waals surface area contributed by atoms with E-state index in [1.807, 2.05) is 0 Å². The Morgan fingerprint density at radius 1 is 1.52 bits per heavy atom. The van der Waals surface area contributed by atoms with Gasteiger partial charge < -0.3 is 5.32 Å². The van der Waals surface area contributed by atoms with Crippen molar-refractivity contribution in [1.82, 2.24) is 5.32 Å². The zero-order valence-corrected chi connectivity index (χ0v) is 12.9. The molecule has 0 saturated carbocycles. The van der Waals surface area contributed by atoms with Crippen molar-refractivity contribution in [2.75, 3.05) is 11.5 Å². The van der Waals surface area contributed by atoms with Gasteiger partial charge in [-0.2, -0.15) is 17.0 Å². The van der Waals surface area contributed by atoms with Crippen molar-refractivity contribution in [2.45, 2.75) is 12.0 Å². The molecule has 1 aromatic rings. The van der Waals surface area contributed by atoms with E-state index < -0.39 is 16.4 Å². The maximum atomic E-state index is 12.3. The first-order chi connectivity index (χ1) is 9.88. The largest absolute Gasteiger partial charge is 0.333 e. The zero-order valence-electron chi connectivity index (χ0n) is 10.6. The lowest BCUT2D eigenvalue weighted by Crippen LogP contribution is -2.47. The van der Waals surface area contributed by atoms with Crippen molar-refractivity contribution in [3.05, 3.63) is 37.9 Å². The maximum Gasteiger partial charge on any atom is 0.271 e. The molecule has 1 unspecified atom stereocenters. The van der Waals surface area contributed by atoms with E-state index >= 15 is 0 Å². The molecule has 1 aliphatic rings. The van der Waals surface area contributed by atoms with Crippen LogP contribution in [0.15, 0.2) is 12.1 Å². The molecule has 1 amide bonds. The summed E-state index contributed by atoms with van der Waals surface area (Å²) in [6, 6.07) is 4.21. The summed E-state index contributed by atoms with van der Waals surface area (Å²) in [5, 5.41) is 22.5. The Bertz CT molecular complexity index is 654. The highest BCUT2D eigenvalue weighted by Gasteiger charge is 2.37. The standard InChI is InChI=1S/C12H9Cl2N3O3S/c13-9-4-7(17(19)20)3-8(10(9)14)11(18)16-12(5-15)1-2-21-6-12/h3-4H,1-2,6H2,(H,16,18). The second-order valence-electron chi connectivity index (χ2n) is 4.50. The van der Waals surface area contributed by atoms with Gasteiger partial charge in [0.25, 0.3) is 11.6 Å². The number of amides is 1. The molecule has 1 heterocycles. The number of nitro groups is 1. The van der Waals surface area contributed by atoms with Crippen molar-refractivity contribution in [3.8, 4) is 6.07 Å². The van der Waals surface area contributed by atoms with Gasteiger partial charge in [0.15, 0.2) is 0 Å². The third-order valence-electron chi connectivity index (χ3n) is 3.06. The molecule has 9 heteroatoms. The summed E-state index contributed by atoms with van der Waals surface area (Å²) in [6.45, 7) is 0. The number of benzene rings is 1. The average Bonchev–Trinajstić information content (AvgIpc) is 2.90. The molecule has 2 rings (SSSR count). The summed E-state index contributed by atoms with van der Waals surface area (Å²) in [7, 11) is 0. The highest BCUT2D eigenvalue weighted by Crippen LogP contribution is 2.32. The molecular formula is C12H9Cl2N3O3S. The first kappa shape index (κ1) is 15.9. The highest BCUT2D eigenvalue weighted by molar-refractivity contribution is 7.99. The van der Waals surface area contributed by atoms with Crippen LogP contribution in [-0.2, 0) is 0 Å². The van der Waals surface area contributed by atoms with Gasteiger partial charge >= 0.3 is 0 Å². The van der Waals surface area contributed by atoms with Crippen LogP contribution in [0.2, 0.25) is 10.0 Å². The van der Waals surface area contributed by atoms with Crippen LogP contribution >= 0.6 is 35.0 Å². The van der Waals surface area contributed by atoms with Gasteiger partial charge in [0.05, 0.1) is 26.6 Å². The molecule has 0 radical (unpaired) electrons. The second-order valence-corrected chi connectivity index (χ2v) is 6.39. The second kappa shape index (κ2) is 6.10. The van der Waals surface area contributed by atoms with Gasteiger partial charge in [-0.1, -0.05) is 23.2 Å². The van der Waals surface area contributed by atoms with Gasteiger partial charge in [-0.05, 0) is 12.2 Å². The zero-order chi connectivity index (χ0) is 15.6. The summed E-state index contributed by atoms with van der Waals surface area (Å²) >= 11 is 13.3. The van der Waals surface area contributed by atoms with E-state index in [0.29, 0.717) is 12.2 Å². The molecule has 110 valence electrons. The number of rotatable bonds is 3. The number of hydrogen-bond acceptors (Lipinski definition) is 5. The van der Waals surface area contributed by atoms with Crippen LogP contribution in [0.4, 0.5) is 5.69 Å². The van der Waals surface area contributed by atoms with Crippen molar-refractivity contribution >= 4 is 46.6 Å². The lowest BCUT2D eigenvalue weighted by molar-refractivity contribution is -0.384. The monoisotopic (exact) mass is 345 g/mol. The number of hydrogen-bond donors (Lipinski definition) is 1. The van der Waals surface area contributed by atoms with Gasteiger partial charge in [-0.25, -0.2) is 0 Å². The van der Waals surface area contributed by atoms with Gasteiger partial charge in [0, 0.05) is 17.9 Å². The van der Waals surface area contributed by atoms with Crippen LogP contribution in [-0.4, -0.2) is 27.9 Å². The van der Waals surface area contributed by atoms with Gasteiger partial charge in [-0.3, -0.25) is 14.9 Å². The Morgan fingerprint density at radius 2 is 2.24 bits per heavy atom. The molecule has 6 nitrogen and oxygen atoms in total. The predicted octanol–water partition coefficient (Wildman–Crippen LogP) is 3.03. The third-order valence-corrected chi connectivity index (χ3v) is 5.05. The molecule has 1 N–H and O–H groups in total. The van der Waals surface area contributed by atoms with Crippen molar-refractivity contribution < 1.29 is 9.72 Å². The van der Waals surface area contributed by atoms with Crippen LogP contribution in [0.25, 0.3) is 0 Å². The lowest BCUT2D eigenvalue weighted by Gasteiger charge is -2.21. The van der Waals surface area contributed by atoms with E-state index in [4.69, 9.17) is 23.2 Å². The summed E-state index contributed by atoms with van der Waals surface area (Å²) in [4.78, 5) is 22.4. The summed E-state index contributed by atoms with van der Waals surface area (Å²) < 4.78 is 0.